The molecule has 0 saturated heterocycles. The van der Waals surface area contributed by atoms with E-state index in [1.165, 1.54) is 10.9 Å². The molecule has 1 amide bonds. The molecule has 0 aliphatic rings. The zero-order chi connectivity index (χ0) is 22.7. The maximum atomic E-state index is 14.0. The van der Waals surface area contributed by atoms with E-state index in [1.54, 1.807) is 37.4 Å². The third-order valence-electron chi connectivity index (χ3n) is 4.60. The Labute approximate surface area is 191 Å². The normalized spacial score (nSPS) is 10.8. The summed E-state index contributed by atoms with van der Waals surface area (Å²) in [5, 5.41) is 6.93. The van der Waals surface area contributed by atoms with Gasteiger partial charge < -0.3 is 10.1 Å². The number of hydrogen-bond acceptors (Lipinski definition) is 4. The molecule has 162 valence electrons. The first-order valence-corrected chi connectivity index (χ1v) is 10.4. The van der Waals surface area contributed by atoms with Crippen molar-refractivity contribution < 1.29 is 18.3 Å². The largest absolute Gasteiger partial charge is 0.439 e. The molecule has 4 aromatic rings. The predicted octanol–water partition coefficient (Wildman–Crippen LogP) is 5.72. The molecule has 4 rings (SSSR count). The van der Waals surface area contributed by atoms with Crippen LogP contribution in [0.25, 0.3) is 0 Å². The first-order chi connectivity index (χ1) is 15.4. The lowest BCUT2D eigenvalue weighted by Gasteiger charge is -2.11. The van der Waals surface area contributed by atoms with E-state index < -0.39 is 17.5 Å². The van der Waals surface area contributed by atoms with Crippen LogP contribution in [0.3, 0.4) is 0 Å². The molecule has 6 nitrogen and oxygen atoms in total. The smallest absolute Gasteiger partial charge is 0.258 e. The van der Waals surface area contributed by atoms with Crippen molar-refractivity contribution in [2.24, 2.45) is 0 Å². The van der Waals surface area contributed by atoms with Gasteiger partial charge in [0.15, 0.2) is 0 Å². The summed E-state index contributed by atoms with van der Waals surface area (Å²) in [4.78, 5) is 16.9. The van der Waals surface area contributed by atoms with Crippen molar-refractivity contribution in [2.75, 3.05) is 5.32 Å². The van der Waals surface area contributed by atoms with Gasteiger partial charge in [0.2, 0.25) is 5.88 Å². The quantitative estimate of drug-likeness (QED) is 0.369. The van der Waals surface area contributed by atoms with E-state index in [-0.39, 0.29) is 12.1 Å². The molecule has 2 aromatic carbocycles. The van der Waals surface area contributed by atoms with Crippen LogP contribution in [-0.4, -0.2) is 20.7 Å². The van der Waals surface area contributed by atoms with E-state index in [0.29, 0.717) is 28.6 Å². The Morgan fingerprint density at radius 2 is 1.97 bits per heavy atom. The molecule has 0 atom stereocenters. The van der Waals surface area contributed by atoms with Gasteiger partial charge in [-0.1, -0.05) is 22.0 Å². The van der Waals surface area contributed by atoms with Crippen LogP contribution < -0.4 is 10.1 Å². The van der Waals surface area contributed by atoms with Crippen molar-refractivity contribution in [3.63, 3.8) is 0 Å². The van der Waals surface area contributed by atoms with Crippen LogP contribution in [0, 0.1) is 18.6 Å². The predicted molar refractivity (Wildman–Crippen MR) is 119 cm³/mol. The number of nitrogens with zero attached hydrogens (tertiary/aromatic N) is 3. The number of carbonyl (C=O) groups excluding carboxylic acids is 1. The molecule has 0 bridgehead atoms. The highest BCUT2D eigenvalue weighted by atomic mass is 79.9. The van der Waals surface area contributed by atoms with Gasteiger partial charge in [0.25, 0.3) is 5.91 Å². The number of ether oxygens (including phenoxy) is 1. The first-order valence-electron chi connectivity index (χ1n) is 9.56. The molecule has 2 aromatic heterocycles. The Kier molecular flexibility index (Phi) is 6.27. The van der Waals surface area contributed by atoms with Crippen molar-refractivity contribution in [2.45, 2.75) is 13.5 Å². The zero-order valence-electron chi connectivity index (χ0n) is 16.8. The van der Waals surface area contributed by atoms with E-state index in [0.717, 1.165) is 22.7 Å². The van der Waals surface area contributed by atoms with Gasteiger partial charge in [0, 0.05) is 27.9 Å². The number of hydrogen-bond donors (Lipinski definition) is 1. The fourth-order valence-corrected chi connectivity index (χ4v) is 3.37. The fraction of sp³-hybridized carbons (Fsp3) is 0.0870. The van der Waals surface area contributed by atoms with Crippen LogP contribution in [0.15, 0.2) is 71.5 Å². The number of anilines is 1. The lowest BCUT2D eigenvalue weighted by Crippen LogP contribution is -2.17. The summed E-state index contributed by atoms with van der Waals surface area (Å²) in [6.07, 6.45) is 2.94. The summed E-state index contributed by atoms with van der Waals surface area (Å²) >= 11 is 3.37. The minimum atomic E-state index is -0.554. The summed E-state index contributed by atoms with van der Waals surface area (Å²) < 4.78 is 35.5. The Morgan fingerprint density at radius 1 is 1.12 bits per heavy atom. The van der Waals surface area contributed by atoms with Crippen molar-refractivity contribution in [3.05, 3.63) is 99.8 Å². The second kappa shape index (κ2) is 9.27. The summed E-state index contributed by atoms with van der Waals surface area (Å²) in [6, 6.07) is 13.7. The monoisotopic (exact) mass is 498 g/mol. The topological polar surface area (TPSA) is 69.0 Å². The Balaban J connectivity index is 1.48. The number of amides is 1. The number of aromatic nitrogens is 3. The fourth-order valence-electron chi connectivity index (χ4n) is 2.99. The van der Waals surface area contributed by atoms with Gasteiger partial charge in [-0.15, -0.1) is 0 Å². The molecule has 0 aliphatic carbocycles. The maximum absolute atomic E-state index is 14.0. The Bertz CT molecular complexity index is 1280. The maximum Gasteiger partial charge on any atom is 0.258 e. The number of rotatable bonds is 6. The summed E-state index contributed by atoms with van der Waals surface area (Å²) in [6.45, 7) is 1.72. The van der Waals surface area contributed by atoms with Crippen LogP contribution in [0.5, 0.6) is 11.6 Å². The third kappa shape index (κ3) is 5.00. The highest BCUT2D eigenvalue weighted by Crippen LogP contribution is 2.23. The molecule has 9 heteroatoms. The number of halogens is 3. The van der Waals surface area contributed by atoms with Crippen LogP contribution in [0.1, 0.15) is 21.5 Å². The lowest BCUT2D eigenvalue weighted by molar-refractivity contribution is 0.102. The van der Waals surface area contributed by atoms with Gasteiger partial charge >= 0.3 is 0 Å². The molecule has 0 unspecified atom stereocenters. The number of benzene rings is 2. The molecular formula is C23H17BrF2N4O2. The van der Waals surface area contributed by atoms with E-state index in [2.05, 4.69) is 31.3 Å². The molecule has 2 heterocycles. The van der Waals surface area contributed by atoms with E-state index >= 15 is 0 Å². The SMILES string of the molecule is Cc1cnn(Cc2cc(F)ccc2F)c1NC(=O)c1ccc(Oc2cccc(Br)c2)nc1. The van der Waals surface area contributed by atoms with Gasteiger partial charge in [0.05, 0.1) is 18.3 Å². The minimum Gasteiger partial charge on any atom is -0.439 e. The molecule has 0 spiro atoms. The molecule has 0 aliphatic heterocycles. The van der Waals surface area contributed by atoms with E-state index in [4.69, 9.17) is 4.74 Å². The van der Waals surface area contributed by atoms with Crippen LogP contribution in [-0.2, 0) is 6.54 Å². The highest BCUT2D eigenvalue weighted by molar-refractivity contribution is 9.10. The van der Waals surface area contributed by atoms with Gasteiger partial charge in [-0.25, -0.2) is 18.4 Å². The molecular weight excluding hydrogens is 482 g/mol. The Hall–Kier alpha value is -3.59. The molecule has 0 saturated carbocycles. The van der Waals surface area contributed by atoms with Gasteiger partial charge in [-0.2, -0.15) is 5.10 Å². The number of nitrogens with one attached hydrogen (secondary N) is 1. The molecule has 0 radical (unpaired) electrons. The van der Waals surface area contributed by atoms with Crippen molar-refractivity contribution in [3.8, 4) is 11.6 Å². The molecule has 0 fully saturated rings. The summed E-state index contributed by atoms with van der Waals surface area (Å²) in [7, 11) is 0. The van der Waals surface area contributed by atoms with Crippen molar-refractivity contribution >= 4 is 27.7 Å². The molecule has 1 N–H and O–H groups in total. The van der Waals surface area contributed by atoms with Crippen LogP contribution in [0.4, 0.5) is 14.6 Å². The van der Waals surface area contributed by atoms with Gasteiger partial charge in [0.1, 0.15) is 23.2 Å². The number of pyridine rings is 1. The van der Waals surface area contributed by atoms with Crippen molar-refractivity contribution in [1.29, 1.82) is 0 Å². The zero-order valence-corrected chi connectivity index (χ0v) is 18.4. The molecule has 32 heavy (non-hydrogen) atoms. The summed E-state index contributed by atoms with van der Waals surface area (Å²) in [5.41, 5.74) is 1.10. The van der Waals surface area contributed by atoms with Crippen LogP contribution >= 0.6 is 15.9 Å². The number of aryl methyl sites for hydroxylation is 1. The Morgan fingerprint density at radius 3 is 2.72 bits per heavy atom. The standard InChI is InChI=1S/C23H17BrF2N4O2/c1-14-11-28-30(13-16-9-18(25)6-7-20(16)26)22(14)29-23(31)15-5-8-21(27-12-15)32-19-4-2-3-17(24)10-19/h2-12H,13H2,1H3,(H,29,31). The first kappa shape index (κ1) is 21.6. The van der Waals surface area contributed by atoms with Crippen LogP contribution in [0.2, 0.25) is 0 Å². The highest BCUT2D eigenvalue weighted by Gasteiger charge is 2.15. The number of carbonyl (C=O) groups is 1. The second-order valence-electron chi connectivity index (χ2n) is 6.97. The van der Waals surface area contributed by atoms with Gasteiger partial charge in [-0.05, 0) is 49.4 Å². The average molecular weight is 499 g/mol. The lowest BCUT2D eigenvalue weighted by atomic mass is 10.2. The second-order valence-corrected chi connectivity index (χ2v) is 7.88. The van der Waals surface area contributed by atoms with E-state index in [9.17, 15) is 13.6 Å². The van der Waals surface area contributed by atoms with Gasteiger partial charge in [-0.3, -0.25) is 4.79 Å². The van der Waals surface area contributed by atoms with Crippen molar-refractivity contribution in [1.82, 2.24) is 14.8 Å². The van der Waals surface area contributed by atoms with E-state index in [1.807, 2.05) is 12.1 Å². The average Bonchev–Trinajstić information content (AvgIpc) is 3.10. The summed E-state index contributed by atoms with van der Waals surface area (Å²) in [5.74, 6) is -0.200. The minimum absolute atomic E-state index is 0.0370. The third-order valence-corrected chi connectivity index (χ3v) is 5.09.